The first-order valence-corrected chi connectivity index (χ1v) is 55.0. The Kier molecular flexibility index (Phi) is 95.7. The molecular weight excluding hydrogens is 1070 g/mol. The molecule has 0 radical (unpaired) electrons. The molecule has 0 spiro atoms. The quantitative estimate of drug-likeness (QED) is 0.136. The van der Waals surface area contributed by atoms with E-state index in [1.807, 2.05) is 0 Å². The summed E-state index contributed by atoms with van der Waals surface area (Å²) in [6, 6.07) is 0. The van der Waals surface area contributed by atoms with Gasteiger partial charge in [-0.1, -0.05) is 0 Å². The minimum atomic E-state index is -5.67. The summed E-state index contributed by atoms with van der Waals surface area (Å²) in [5.74, 6) is 0. The molecule has 0 fully saturated rings. The van der Waals surface area contributed by atoms with E-state index in [0.29, 0.717) is 0 Å². The van der Waals surface area contributed by atoms with E-state index in [4.69, 9.17) is 74.7 Å². The van der Waals surface area contributed by atoms with Gasteiger partial charge < -0.3 is 33.9 Å². The molecule has 0 saturated heterocycles. The van der Waals surface area contributed by atoms with Gasteiger partial charge in [-0.3, -0.25) is 0 Å². The summed E-state index contributed by atoms with van der Waals surface area (Å²) in [5, 5.41) is 0. The molecule has 33 heavy (non-hydrogen) atoms. The third-order valence-corrected chi connectivity index (χ3v) is 3.25. The van der Waals surface area contributed by atoms with Crippen LogP contribution < -0.4 is 115 Å². The van der Waals surface area contributed by atoms with Crippen molar-refractivity contribution in [1.29, 1.82) is 0 Å². The van der Waals surface area contributed by atoms with Crippen LogP contribution in [0.5, 0.6) is 0 Å². The topological polar surface area (TPSA) is 246 Å². The van der Waals surface area contributed by atoms with E-state index in [1.165, 1.54) is 107 Å². The molecule has 188 valence electrons. The molecule has 4 N–H and O–H groups in total. The van der Waals surface area contributed by atoms with Crippen molar-refractivity contribution in [3.05, 3.63) is 0 Å². The Morgan fingerprint density at radius 2 is 0.788 bits per heavy atom. The number of rotatable bonds is 1. The average Bonchev–Trinajstić information content (AvgIpc) is 2.40. The number of hydrogen-bond donors (Lipinski definition) is 0. The second-order valence-corrected chi connectivity index (χ2v) is 63.6. The van der Waals surface area contributed by atoms with Crippen LogP contribution in [0.3, 0.4) is 0 Å². The van der Waals surface area contributed by atoms with Crippen molar-refractivity contribution < 1.29 is 183 Å². The van der Waals surface area contributed by atoms with Gasteiger partial charge in [-0.05, 0) is 0 Å². The van der Waals surface area contributed by atoms with Gasteiger partial charge in [0.15, 0.2) is 18.3 Å². The molecule has 0 aliphatic heterocycles. The predicted octanol–water partition coefficient (Wildman–Crippen LogP) is -9.01. The fourth-order valence-electron chi connectivity index (χ4n) is 0. The van der Waals surface area contributed by atoms with Crippen LogP contribution in [0.25, 0.3) is 0 Å². The van der Waals surface area contributed by atoms with E-state index in [1.54, 1.807) is 0 Å². The second kappa shape index (κ2) is 39.6. The summed E-state index contributed by atoms with van der Waals surface area (Å²) in [6.45, 7) is -5.38. The van der Waals surface area contributed by atoms with Crippen molar-refractivity contribution in [3.63, 3.8) is 0 Å². The van der Waals surface area contributed by atoms with Crippen LogP contribution in [-0.2, 0) is 43.5 Å². The van der Waals surface area contributed by atoms with E-state index in [9.17, 15) is 25.9 Å². The molecule has 0 aromatic rings. The fourth-order valence-corrected chi connectivity index (χ4v) is 0. The van der Waals surface area contributed by atoms with Gasteiger partial charge in [-0.2, -0.15) is 16.8 Å². The van der Waals surface area contributed by atoms with Crippen LogP contribution in [0.15, 0.2) is 0 Å². The minimum absolute atomic E-state index is 0. The molecule has 0 atom stereocenters. The van der Waals surface area contributed by atoms with Crippen molar-refractivity contribution in [2.75, 3.05) is 0 Å². The third kappa shape index (κ3) is 125. The fraction of sp³-hybridized carbons (Fsp3) is 0. The molecule has 12 nitrogen and oxygen atoms in total. The van der Waals surface area contributed by atoms with Crippen molar-refractivity contribution in [2.45, 2.75) is 0 Å². The van der Waals surface area contributed by atoms with Crippen LogP contribution in [-0.4, -0.2) is 161 Å². The molecular formula is H10Cl10K4Na2O12OsS4+2. The molecule has 0 aromatic heterocycles. The van der Waals surface area contributed by atoms with Crippen molar-refractivity contribution >= 4 is 236 Å². The van der Waals surface area contributed by atoms with Gasteiger partial charge in [0.25, 0.3) is 0 Å². The van der Waals surface area contributed by atoms with E-state index >= 15 is 0 Å². The molecule has 33 heteroatoms. The van der Waals surface area contributed by atoms with E-state index < -0.39 is 43.5 Å². The van der Waals surface area contributed by atoms with E-state index in [2.05, 4.69) is 21.7 Å². The van der Waals surface area contributed by atoms with Crippen molar-refractivity contribution in [3.8, 4) is 0 Å². The maximum absolute atomic E-state index is 9.20. The summed E-state index contributed by atoms with van der Waals surface area (Å²) < 4.78 is 91.5. The Hall–Kier alpha value is 11.5. The molecule has 0 rings (SSSR count). The summed E-state index contributed by atoms with van der Waals surface area (Å²) in [7, 11) is 21.3. The zero-order valence-corrected chi connectivity index (χ0v) is 46.8. The standard InChI is InChI=1S/Cl2.8ClH.4K.2Na.H2O6S2.O4S2.2H2O.Os.H/c1-2;;;;;;;;;;;;;;;1-7(2,3)8(4,5)6;1-5(2)6(3)4;;;;/h;8*1H;;;;;;;(H,1,2,3)(H,4,5,6);;2*1H2;;/q;;;;;;;;;;;2*+1;;;;;;;+6;-1/p-5. The Morgan fingerprint density at radius 1 is 0.727 bits per heavy atom. The summed E-state index contributed by atoms with van der Waals surface area (Å²) in [4.78, 5) is 0. The number of halogens is 10. The first-order valence-electron chi connectivity index (χ1n) is 4.94. The number of hydrogen-bond acceptors (Lipinski definition) is 10. The zero-order valence-electron chi connectivity index (χ0n) is 21.9. The van der Waals surface area contributed by atoms with Gasteiger partial charge in [0, 0.05) is 21.7 Å². The van der Waals surface area contributed by atoms with Crippen LogP contribution in [0, 0.1) is 0 Å². The van der Waals surface area contributed by atoms with Gasteiger partial charge >= 0.3 is 298 Å². The molecule has 0 saturated carbocycles. The van der Waals surface area contributed by atoms with E-state index in [-0.39, 0.29) is 146 Å². The molecule has 0 heterocycles. The van der Waals surface area contributed by atoms with Crippen molar-refractivity contribution in [2.24, 2.45) is 0 Å². The third-order valence-electron chi connectivity index (χ3n) is 0.361. The molecule has 0 aromatic carbocycles. The van der Waals surface area contributed by atoms with Gasteiger partial charge in [0.2, 0.25) is 0 Å². The molecule has 0 unspecified atom stereocenters. The molecule has 0 bridgehead atoms. The van der Waals surface area contributed by atoms with E-state index in [0.717, 1.165) is 0 Å². The van der Waals surface area contributed by atoms with Crippen LogP contribution in [0.1, 0.15) is 7.13 Å². The SMILES string of the molecule is Cl.ClCl.O.O.O=S(=O)([O-])S(=O)(=O)[O-].O=S(=O)=S(=O)=O.[Cl-].[Cl][Os]([Cl])([Cl])([Cl])([Cl])[Cl].[H+].[H+].[H+].[H+].[H-].[K+].[K+].[K][K].[Na][Na]. The Balaban J connectivity index is -0.00000000933. The zero-order chi connectivity index (χ0) is 24.6. The van der Waals surface area contributed by atoms with Gasteiger partial charge in [0.1, 0.15) is 0 Å². The predicted molar refractivity (Wildman–Crippen MR) is 127 cm³/mol. The second-order valence-electron chi connectivity index (χ2n) is 1.98. The Bertz CT molecular complexity index is 776. The van der Waals surface area contributed by atoms with Gasteiger partial charge in [-0.25, -0.2) is 16.8 Å². The molecule has 0 aliphatic rings. The first-order chi connectivity index (χ1) is 11.3. The first kappa shape index (κ1) is 79.7. The summed E-state index contributed by atoms with van der Waals surface area (Å²) >= 11 is 5.39. The Morgan fingerprint density at radius 3 is 0.788 bits per heavy atom. The normalized spacial score (nSPS) is 10.2. The average molecular weight is 1080 g/mol. The molecule has 0 amide bonds. The maximum atomic E-state index is 9.20. The molecule has 0 aliphatic carbocycles. The summed E-state index contributed by atoms with van der Waals surface area (Å²) in [6.07, 6.45) is 0. The van der Waals surface area contributed by atoms with Crippen molar-refractivity contribution in [1.82, 2.24) is 0 Å². The van der Waals surface area contributed by atoms with Crippen LogP contribution >= 0.6 is 91.9 Å². The summed E-state index contributed by atoms with van der Waals surface area (Å²) in [5.41, 5.74) is 0. The van der Waals surface area contributed by atoms with Gasteiger partial charge in [-0.15, -0.1) is 12.4 Å². The van der Waals surface area contributed by atoms with Crippen LogP contribution in [0.2, 0.25) is 0 Å². The van der Waals surface area contributed by atoms with Gasteiger partial charge in [0.05, 0.1) is 0 Å². The van der Waals surface area contributed by atoms with Crippen LogP contribution in [0.4, 0.5) is 0 Å². The Labute approximate surface area is 403 Å². The monoisotopic (exact) mass is 1070 g/mol.